The lowest BCUT2D eigenvalue weighted by Gasteiger charge is -2.45. The molecule has 1 aliphatic rings. The maximum Gasteiger partial charge on any atom is 0.503 e. The summed E-state index contributed by atoms with van der Waals surface area (Å²) in [7, 11) is -2.55. The zero-order valence-electron chi connectivity index (χ0n) is 13.2. The Labute approximate surface area is 119 Å². The van der Waals surface area contributed by atoms with Crippen LogP contribution in [-0.4, -0.2) is 34.4 Å². The van der Waals surface area contributed by atoms with E-state index < -0.39 is 14.6 Å². The van der Waals surface area contributed by atoms with Gasteiger partial charge in [-0.05, 0) is 33.1 Å². The van der Waals surface area contributed by atoms with Crippen molar-refractivity contribution >= 4 is 8.80 Å². The highest BCUT2D eigenvalue weighted by molar-refractivity contribution is 6.61. The second kappa shape index (κ2) is 7.74. The van der Waals surface area contributed by atoms with Crippen LogP contribution >= 0.6 is 0 Å². The van der Waals surface area contributed by atoms with Gasteiger partial charge in [-0.2, -0.15) is 0 Å². The van der Waals surface area contributed by atoms with Gasteiger partial charge in [0.2, 0.25) is 0 Å². The molecule has 0 aromatic carbocycles. The molecule has 1 atom stereocenters. The molecule has 0 aromatic rings. The van der Waals surface area contributed by atoms with E-state index in [2.05, 4.69) is 13.8 Å². The normalized spacial score (nSPS) is 26.8. The molecule has 0 aromatic heterocycles. The van der Waals surface area contributed by atoms with Gasteiger partial charge in [-0.3, -0.25) is 0 Å². The van der Waals surface area contributed by atoms with Crippen molar-refractivity contribution < 1.29 is 18.0 Å². The Balaban J connectivity index is 2.86. The SMILES string of the molecule is CCOC1(CC(C)C)CCC[Si](OCC)(OCC)O1. The van der Waals surface area contributed by atoms with E-state index in [0.717, 1.165) is 25.3 Å². The van der Waals surface area contributed by atoms with Gasteiger partial charge in [0.1, 0.15) is 0 Å². The third-order valence-electron chi connectivity index (χ3n) is 3.24. The van der Waals surface area contributed by atoms with Crippen molar-refractivity contribution in [1.82, 2.24) is 0 Å². The largest absolute Gasteiger partial charge is 0.503 e. The zero-order valence-corrected chi connectivity index (χ0v) is 14.2. The van der Waals surface area contributed by atoms with E-state index in [1.807, 2.05) is 20.8 Å². The molecule has 0 aliphatic carbocycles. The molecule has 0 N–H and O–H groups in total. The first kappa shape index (κ1) is 17.1. The topological polar surface area (TPSA) is 36.9 Å². The first-order valence-electron chi connectivity index (χ1n) is 7.63. The second-order valence-corrected chi connectivity index (χ2v) is 8.09. The van der Waals surface area contributed by atoms with Gasteiger partial charge in [-0.15, -0.1) is 0 Å². The van der Waals surface area contributed by atoms with Crippen LogP contribution in [0.25, 0.3) is 0 Å². The van der Waals surface area contributed by atoms with Gasteiger partial charge in [0.15, 0.2) is 5.79 Å². The maximum atomic E-state index is 6.37. The number of hydrogen-bond donors (Lipinski definition) is 0. The summed E-state index contributed by atoms with van der Waals surface area (Å²) in [4.78, 5) is 0. The highest BCUT2D eigenvalue weighted by Crippen LogP contribution is 2.39. The lowest BCUT2D eigenvalue weighted by Crippen LogP contribution is -2.57. The average Bonchev–Trinajstić information content (AvgIpc) is 2.28. The molecule has 1 aliphatic heterocycles. The van der Waals surface area contributed by atoms with Crippen LogP contribution in [0.1, 0.15) is 53.9 Å². The van der Waals surface area contributed by atoms with Crippen LogP contribution in [-0.2, 0) is 18.0 Å². The highest BCUT2D eigenvalue weighted by Gasteiger charge is 2.52. The molecule has 1 fully saturated rings. The van der Waals surface area contributed by atoms with Gasteiger partial charge in [0.05, 0.1) is 0 Å². The summed E-state index contributed by atoms with van der Waals surface area (Å²) in [5.41, 5.74) is 0. The minimum atomic E-state index is -2.55. The van der Waals surface area contributed by atoms with Crippen LogP contribution in [0.3, 0.4) is 0 Å². The fourth-order valence-electron chi connectivity index (χ4n) is 2.83. The highest BCUT2D eigenvalue weighted by atomic mass is 28.4. The molecule has 5 heteroatoms. The van der Waals surface area contributed by atoms with Crippen molar-refractivity contribution in [1.29, 1.82) is 0 Å². The Morgan fingerprint density at radius 2 is 1.74 bits per heavy atom. The van der Waals surface area contributed by atoms with Gasteiger partial charge in [0.25, 0.3) is 0 Å². The molecule has 1 rings (SSSR count). The van der Waals surface area contributed by atoms with Crippen molar-refractivity contribution in [3.05, 3.63) is 0 Å². The third-order valence-corrected chi connectivity index (χ3v) is 6.34. The van der Waals surface area contributed by atoms with E-state index in [9.17, 15) is 0 Å². The Morgan fingerprint density at radius 1 is 1.11 bits per heavy atom. The smallest absolute Gasteiger partial charge is 0.374 e. The van der Waals surface area contributed by atoms with Gasteiger partial charge in [-0.25, -0.2) is 0 Å². The molecule has 0 saturated carbocycles. The van der Waals surface area contributed by atoms with E-state index in [1.54, 1.807) is 0 Å². The molecule has 0 bridgehead atoms. The van der Waals surface area contributed by atoms with Crippen molar-refractivity contribution in [3.63, 3.8) is 0 Å². The average molecular weight is 290 g/mol. The summed E-state index contributed by atoms with van der Waals surface area (Å²) >= 11 is 0. The predicted molar refractivity (Wildman–Crippen MR) is 77.9 cm³/mol. The van der Waals surface area contributed by atoms with E-state index in [-0.39, 0.29) is 0 Å². The van der Waals surface area contributed by atoms with E-state index in [0.29, 0.717) is 25.7 Å². The Hall–Kier alpha value is 0.0569. The standard InChI is InChI=1S/C14H30O4Si/c1-6-15-14(12-13(4)5)10-9-11-19(18-14,16-7-2)17-8-3/h13H,6-12H2,1-5H3. The van der Waals surface area contributed by atoms with Gasteiger partial charge < -0.3 is 18.0 Å². The van der Waals surface area contributed by atoms with Crippen LogP contribution in [0.15, 0.2) is 0 Å². The lowest BCUT2D eigenvalue weighted by atomic mass is 9.99. The van der Waals surface area contributed by atoms with Gasteiger partial charge >= 0.3 is 8.80 Å². The summed E-state index contributed by atoms with van der Waals surface area (Å²) in [5, 5.41) is 0. The fraction of sp³-hybridized carbons (Fsp3) is 1.00. The molecular weight excluding hydrogens is 260 g/mol. The van der Waals surface area contributed by atoms with Crippen molar-refractivity contribution in [2.24, 2.45) is 5.92 Å². The molecule has 4 nitrogen and oxygen atoms in total. The van der Waals surface area contributed by atoms with E-state index in [4.69, 9.17) is 18.0 Å². The number of rotatable bonds is 8. The lowest BCUT2D eigenvalue weighted by molar-refractivity contribution is -0.230. The fourth-order valence-corrected chi connectivity index (χ4v) is 5.73. The molecular formula is C14H30O4Si. The first-order valence-corrected chi connectivity index (χ1v) is 9.56. The Bertz CT molecular complexity index is 244. The monoisotopic (exact) mass is 290 g/mol. The molecule has 0 spiro atoms. The summed E-state index contributed by atoms with van der Waals surface area (Å²) in [6, 6.07) is 0.904. The molecule has 1 heterocycles. The first-order chi connectivity index (χ1) is 9.01. The number of ether oxygens (including phenoxy) is 1. The summed E-state index contributed by atoms with van der Waals surface area (Å²) in [5.74, 6) is 0.0252. The quantitative estimate of drug-likeness (QED) is 0.640. The molecule has 1 saturated heterocycles. The molecule has 19 heavy (non-hydrogen) atoms. The Morgan fingerprint density at radius 3 is 2.21 bits per heavy atom. The third kappa shape index (κ3) is 4.83. The van der Waals surface area contributed by atoms with Crippen LogP contribution in [0, 0.1) is 5.92 Å². The Kier molecular flexibility index (Phi) is 6.97. The minimum Gasteiger partial charge on any atom is -0.374 e. The number of hydrogen-bond acceptors (Lipinski definition) is 4. The predicted octanol–water partition coefficient (Wildman–Crippen LogP) is 3.59. The van der Waals surface area contributed by atoms with E-state index in [1.165, 1.54) is 0 Å². The van der Waals surface area contributed by atoms with E-state index >= 15 is 0 Å². The van der Waals surface area contributed by atoms with Crippen molar-refractivity contribution in [3.8, 4) is 0 Å². The summed E-state index contributed by atoms with van der Waals surface area (Å²) in [6.45, 7) is 12.3. The van der Waals surface area contributed by atoms with Crippen LogP contribution < -0.4 is 0 Å². The maximum absolute atomic E-state index is 6.37. The summed E-state index contributed by atoms with van der Waals surface area (Å²) < 4.78 is 24.2. The molecule has 0 radical (unpaired) electrons. The van der Waals surface area contributed by atoms with Gasteiger partial charge in [-0.1, -0.05) is 13.8 Å². The van der Waals surface area contributed by atoms with Crippen molar-refractivity contribution in [2.45, 2.75) is 65.7 Å². The molecule has 1 unspecified atom stereocenters. The molecule has 114 valence electrons. The van der Waals surface area contributed by atoms with Crippen LogP contribution in [0.5, 0.6) is 0 Å². The zero-order chi connectivity index (χ0) is 14.4. The minimum absolute atomic E-state index is 0.502. The van der Waals surface area contributed by atoms with Crippen molar-refractivity contribution in [2.75, 3.05) is 19.8 Å². The molecule has 0 amide bonds. The summed E-state index contributed by atoms with van der Waals surface area (Å²) in [6.07, 6.45) is 2.89. The van der Waals surface area contributed by atoms with Crippen LogP contribution in [0.4, 0.5) is 0 Å². The van der Waals surface area contributed by atoms with Crippen LogP contribution in [0.2, 0.25) is 6.04 Å². The second-order valence-electron chi connectivity index (χ2n) is 5.45. The van der Waals surface area contributed by atoms with Gasteiger partial charge in [0, 0.05) is 38.7 Å².